The first-order valence-corrected chi connectivity index (χ1v) is 9.52. The van der Waals surface area contributed by atoms with Crippen LogP contribution >= 0.6 is 0 Å². The lowest BCUT2D eigenvalue weighted by atomic mass is 10.1. The van der Waals surface area contributed by atoms with Gasteiger partial charge in [0.25, 0.3) is 0 Å². The van der Waals surface area contributed by atoms with Gasteiger partial charge in [0.15, 0.2) is 0 Å². The van der Waals surface area contributed by atoms with Crippen LogP contribution in [0.2, 0.25) is 0 Å². The minimum Gasteiger partial charge on any atom is -0.457 e. The van der Waals surface area contributed by atoms with E-state index >= 15 is 0 Å². The molecule has 158 valence electrons. The zero-order valence-electron chi connectivity index (χ0n) is 16.3. The summed E-state index contributed by atoms with van der Waals surface area (Å²) in [7, 11) is 0. The Bertz CT molecular complexity index is 1150. The van der Waals surface area contributed by atoms with Crippen molar-refractivity contribution in [2.75, 3.05) is 11.9 Å². The molecule has 5 nitrogen and oxygen atoms in total. The first-order valence-electron chi connectivity index (χ1n) is 9.52. The van der Waals surface area contributed by atoms with E-state index < -0.39 is 6.36 Å². The average Bonchev–Trinajstić information content (AvgIpc) is 2.75. The van der Waals surface area contributed by atoms with Gasteiger partial charge in [0, 0.05) is 11.9 Å². The van der Waals surface area contributed by atoms with Gasteiger partial charge < -0.3 is 14.8 Å². The van der Waals surface area contributed by atoms with Crippen LogP contribution in [0.5, 0.6) is 17.2 Å². The van der Waals surface area contributed by atoms with Crippen LogP contribution in [-0.4, -0.2) is 22.9 Å². The van der Waals surface area contributed by atoms with Gasteiger partial charge in [-0.15, -0.1) is 13.2 Å². The van der Waals surface area contributed by atoms with Crippen LogP contribution in [0, 0.1) is 0 Å². The maximum atomic E-state index is 12.5. The number of benzene rings is 3. The summed E-state index contributed by atoms with van der Waals surface area (Å²) < 4.78 is 47.3. The number of para-hydroxylation sites is 1. The summed E-state index contributed by atoms with van der Waals surface area (Å²) in [6.45, 7) is 0.537. The molecule has 0 bridgehead atoms. The number of nitrogens with one attached hydrogen (secondary N) is 1. The van der Waals surface area contributed by atoms with E-state index in [-0.39, 0.29) is 5.75 Å². The number of aromatic nitrogens is 2. The Morgan fingerprint density at radius 3 is 2.26 bits per heavy atom. The van der Waals surface area contributed by atoms with Gasteiger partial charge in [-0.05, 0) is 54.4 Å². The number of fused-ring (bicyclic) bond motifs is 1. The van der Waals surface area contributed by atoms with Crippen LogP contribution in [-0.2, 0) is 6.42 Å². The molecule has 0 aliphatic rings. The summed E-state index contributed by atoms with van der Waals surface area (Å²) in [6.07, 6.45) is -2.70. The lowest BCUT2D eigenvalue weighted by Crippen LogP contribution is -2.17. The normalized spacial score (nSPS) is 11.3. The van der Waals surface area contributed by atoms with Crippen molar-refractivity contribution in [3.05, 3.63) is 84.7 Å². The van der Waals surface area contributed by atoms with Crippen molar-refractivity contribution >= 4 is 16.7 Å². The Morgan fingerprint density at radius 1 is 0.806 bits per heavy atom. The van der Waals surface area contributed by atoms with Gasteiger partial charge >= 0.3 is 6.36 Å². The van der Waals surface area contributed by atoms with Gasteiger partial charge in [-0.1, -0.05) is 30.3 Å². The highest BCUT2D eigenvalue weighted by molar-refractivity contribution is 5.89. The van der Waals surface area contributed by atoms with Crippen LogP contribution in [0.15, 0.2) is 79.1 Å². The monoisotopic (exact) mass is 425 g/mol. The third kappa shape index (κ3) is 5.63. The van der Waals surface area contributed by atoms with Crippen LogP contribution in [0.1, 0.15) is 5.56 Å². The Balaban J connectivity index is 1.39. The van der Waals surface area contributed by atoms with E-state index in [1.807, 2.05) is 54.6 Å². The lowest BCUT2D eigenvalue weighted by Gasteiger charge is -2.12. The zero-order chi connectivity index (χ0) is 21.7. The van der Waals surface area contributed by atoms with Gasteiger partial charge in [-0.2, -0.15) is 0 Å². The second-order valence-corrected chi connectivity index (χ2v) is 6.68. The van der Waals surface area contributed by atoms with Crippen molar-refractivity contribution in [1.29, 1.82) is 0 Å². The molecule has 1 N–H and O–H groups in total. The molecule has 0 saturated heterocycles. The largest absolute Gasteiger partial charge is 0.573 e. The first kappa shape index (κ1) is 20.5. The molecule has 0 radical (unpaired) electrons. The SMILES string of the molecule is FC(F)(F)Oc1ccc2ncnc(NCCc3ccc(Oc4ccccc4)cc3)c2c1. The molecule has 4 rings (SSSR count). The molecule has 0 aliphatic carbocycles. The van der Waals surface area contributed by atoms with E-state index in [0.29, 0.717) is 29.7 Å². The Hall–Kier alpha value is -3.81. The van der Waals surface area contributed by atoms with Gasteiger partial charge in [0.1, 0.15) is 29.4 Å². The molecular formula is C23H18F3N3O2. The molecule has 4 aromatic rings. The van der Waals surface area contributed by atoms with E-state index in [4.69, 9.17) is 4.74 Å². The number of rotatable bonds is 7. The number of hydrogen-bond donors (Lipinski definition) is 1. The second-order valence-electron chi connectivity index (χ2n) is 6.68. The van der Waals surface area contributed by atoms with Crippen LogP contribution in [0.3, 0.4) is 0 Å². The predicted molar refractivity (Wildman–Crippen MR) is 111 cm³/mol. The van der Waals surface area contributed by atoms with Gasteiger partial charge in [-0.3, -0.25) is 0 Å². The van der Waals surface area contributed by atoms with Gasteiger partial charge in [-0.25, -0.2) is 9.97 Å². The fourth-order valence-corrected chi connectivity index (χ4v) is 3.05. The second kappa shape index (κ2) is 8.91. The van der Waals surface area contributed by atoms with E-state index in [2.05, 4.69) is 20.0 Å². The summed E-state index contributed by atoms with van der Waals surface area (Å²) >= 11 is 0. The minimum atomic E-state index is -4.76. The van der Waals surface area contributed by atoms with E-state index in [1.54, 1.807) is 0 Å². The number of nitrogens with zero attached hydrogens (tertiary/aromatic N) is 2. The zero-order valence-corrected chi connectivity index (χ0v) is 16.3. The molecule has 0 aliphatic heterocycles. The lowest BCUT2D eigenvalue weighted by molar-refractivity contribution is -0.274. The molecule has 31 heavy (non-hydrogen) atoms. The maximum Gasteiger partial charge on any atom is 0.573 e. The third-order valence-corrected chi connectivity index (χ3v) is 4.45. The van der Waals surface area contributed by atoms with Crippen molar-refractivity contribution in [3.8, 4) is 17.2 Å². The maximum absolute atomic E-state index is 12.5. The van der Waals surface area contributed by atoms with E-state index in [0.717, 1.165) is 17.1 Å². The third-order valence-electron chi connectivity index (χ3n) is 4.45. The molecule has 1 heterocycles. The summed E-state index contributed by atoms with van der Waals surface area (Å²) in [6, 6.07) is 21.2. The number of ether oxygens (including phenoxy) is 2. The molecule has 0 unspecified atom stereocenters. The van der Waals surface area contributed by atoms with Crippen molar-refractivity contribution in [1.82, 2.24) is 9.97 Å². The number of hydrogen-bond acceptors (Lipinski definition) is 5. The van der Waals surface area contributed by atoms with E-state index in [1.165, 1.54) is 24.5 Å². The number of anilines is 1. The predicted octanol–water partition coefficient (Wildman–Crippen LogP) is 5.98. The molecule has 8 heteroatoms. The van der Waals surface area contributed by atoms with Crippen LogP contribution < -0.4 is 14.8 Å². The minimum absolute atomic E-state index is 0.313. The molecule has 0 amide bonds. The van der Waals surface area contributed by atoms with Crippen molar-refractivity contribution in [2.24, 2.45) is 0 Å². The van der Waals surface area contributed by atoms with E-state index in [9.17, 15) is 13.2 Å². The first-order chi connectivity index (χ1) is 15.0. The highest BCUT2D eigenvalue weighted by Crippen LogP contribution is 2.28. The standard InChI is InChI=1S/C23H18F3N3O2/c24-23(25,26)31-19-10-11-21-20(14-19)22(29-15-28-21)27-13-12-16-6-8-18(9-7-16)30-17-4-2-1-3-5-17/h1-11,14-15H,12-13H2,(H,27,28,29). The Morgan fingerprint density at radius 2 is 1.52 bits per heavy atom. The molecule has 0 fully saturated rings. The molecule has 1 aromatic heterocycles. The molecule has 3 aromatic carbocycles. The summed E-state index contributed by atoms with van der Waals surface area (Å²) in [5, 5.41) is 3.62. The molecule has 0 spiro atoms. The van der Waals surface area contributed by atoms with Crippen LogP contribution in [0.25, 0.3) is 10.9 Å². The number of halogens is 3. The van der Waals surface area contributed by atoms with Gasteiger partial charge in [0.05, 0.1) is 5.52 Å². The summed E-state index contributed by atoms with van der Waals surface area (Å²) in [5.41, 5.74) is 1.60. The topological polar surface area (TPSA) is 56.3 Å². The van der Waals surface area contributed by atoms with Crippen molar-refractivity contribution < 1.29 is 22.6 Å². The van der Waals surface area contributed by atoms with Gasteiger partial charge in [0.2, 0.25) is 0 Å². The Labute approximate surface area is 176 Å². The van der Waals surface area contributed by atoms with Crippen molar-refractivity contribution in [2.45, 2.75) is 12.8 Å². The van der Waals surface area contributed by atoms with Crippen LogP contribution in [0.4, 0.5) is 19.0 Å². The highest BCUT2D eigenvalue weighted by atomic mass is 19.4. The number of alkyl halides is 3. The fourth-order valence-electron chi connectivity index (χ4n) is 3.05. The smallest absolute Gasteiger partial charge is 0.457 e. The highest BCUT2D eigenvalue weighted by Gasteiger charge is 2.31. The van der Waals surface area contributed by atoms with Crippen molar-refractivity contribution in [3.63, 3.8) is 0 Å². The quantitative estimate of drug-likeness (QED) is 0.395. The molecule has 0 saturated carbocycles. The fraction of sp³-hybridized carbons (Fsp3) is 0.130. The Kier molecular flexibility index (Phi) is 5.88. The average molecular weight is 425 g/mol. The molecule has 0 atom stereocenters. The summed E-state index contributed by atoms with van der Waals surface area (Å²) in [4.78, 5) is 8.25. The molecular weight excluding hydrogens is 407 g/mol. The summed E-state index contributed by atoms with van der Waals surface area (Å²) in [5.74, 6) is 1.64.